The predicted molar refractivity (Wildman–Crippen MR) is 108 cm³/mol. The standard InChI is InChI=1S/C22H20N4O2/c1-3-28-20-10-6-16(7-11-20)21-24-25-22(17-5-4-14-23-15-17)26(21)18-8-12-19(27-2)13-9-18/h4-15H,3H2,1-2H3. The number of pyridine rings is 1. The summed E-state index contributed by atoms with van der Waals surface area (Å²) in [5, 5.41) is 8.92. The molecule has 6 nitrogen and oxygen atoms in total. The maximum atomic E-state index is 5.55. The van der Waals surface area contributed by atoms with Crippen molar-refractivity contribution < 1.29 is 9.47 Å². The van der Waals surface area contributed by atoms with Crippen molar-refractivity contribution in [1.82, 2.24) is 19.7 Å². The van der Waals surface area contributed by atoms with Crippen molar-refractivity contribution in [2.45, 2.75) is 6.92 Å². The molecule has 0 radical (unpaired) electrons. The Bertz CT molecular complexity index is 1040. The van der Waals surface area contributed by atoms with E-state index < -0.39 is 0 Å². The number of hydrogen-bond acceptors (Lipinski definition) is 5. The highest BCUT2D eigenvalue weighted by molar-refractivity contribution is 5.66. The summed E-state index contributed by atoms with van der Waals surface area (Å²) in [6, 6.07) is 19.5. The smallest absolute Gasteiger partial charge is 0.170 e. The van der Waals surface area contributed by atoms with Gasteiger partial charge in [-0.1, -0.05) is 0 Å². The Morgan fingerprint density at radius 2 is 1.50 bits per heavy atom. The zero-order valence-electron chi connectivity index (χ0n) is 15.7. The quantitative estimate of drug-likeness (QED) is 0.502. The zero-order chi connectivity index (χ0) is 19.3. The van der Waals surface area contributed by atoms with Crippen LogP contribution in [-0.4, -0.2) is 33.5 Å². The van der Waals surface area contributed by atoms with Crippen molar-refractivity contribution in [2.75, 3.05) is 13.7 Å². The van der Waals surface area contributed by atoms with Gasteiger partial charge in [0, 0.05) is 29.2 Å². The molecule has 0 N–H and O–H groups in total. The summed E-state index contributed by atoms with van der Waals surface area (Å²) in [6.07, 6.45) is 3.52. The lowest BCUT2D eigenvalue weighted by atomic mass is 10.2. The molecule has 0 spiro atoms. The second-order valence-electron chi connectivity index (χ2n) is 6.08. The van der Waals surface area contributed by atoms with Gasteiger partial charge >= 0.3 is 0 Å². The molecule has 0 bridgehead atoms. The number of benzene rings is 2. The molecule has 6 heteroatoms. The van der Waals surface area contributed by atoms with Crippen molar-refractivity contribution in [3.05, 3.63) is 73.1 Å². The second-order valence-corrected chi connectivity index (χ2v) is 6.08. The molecule has 0 saturated heterocycles. The van der Waals surface area contributed by atoms with E-state index in [0.29, 0.717) is 6.61 Å². The Morgan fingerprint density at radius 1 is 0.821 bits per heavy atom. The second kappa shape index (κ2) is 7.92. The summed E-state index contributed by atoms with van der Waals surface area (Å²) in [5.74, 6) is 3.09. The molecule has 0 aliphatic heterocycles. The van der Waals surface area contributed by atoms with Crippen molar-refractivity contribution >= 4 is 0 Å². The third-order valence-corrected chi connectivity index (χ3v) is 4.34. The van der Waals surface area contributed by atoms with Crippen LogP contribution in [0.2, 0.25) is 0 Å². The molecule has 0 saturated carbocycles. The summed E-state index contributed by atoms with van der Waals surface area (Å²) in [5.41, 5.74) is 2.78. The van der Waals surface area contributed by atoms with Crippen LogP contribution in [0.15, 0.2) is 73.1 Å². The Kier molecular flexibility index (Phi) is 5.01. The minimum absolute atomic E-state index is 0.631. The third-order valence-electron chi connectivity index (χ3n) is 4.34. The van der Waals surface area contributed by atoms with E-state index in [1.165, 1.54) is 0 Å². The van der Waals surface area contributed by atoms with Gasteiger partial charge in [-0.15, -0.1) is 10.2 Å². The first-order valence-electron chi connectivity index (χ1n) is 9.03. The van der Waals surface area contributed by atoms with E-state index in [9.17, 15) is 0 Å². The van der Waals surface area contributed by atoms with E-state index in [0.717, 1.165) is 40.0 Å². The zero-order valence-corrected chi connectivity index (χ0v) is 15.7. The monoisotopic (exact) mass is 372 g/mol. The summed E-state index contributed by atoms with van der Waals surface area (Å²) < 4.78 is 12.9. The molecule has 4 rings (SSSR count). The van der Waals surface area contributed by atoms with E-state index in [1.54, 1.807) is 19.5 Å². The minimum atomic E-state index is 0.631. The van der Waals surface area contributed by atoms with Gasteiger partial charge in [0.1, 0.15) is 11.5 Å². The van der Waals surface area contributed by atoms with Gasteiger partial charge in [0.2, 0.25) is 0 Å². The van der Waals surface area contributed by atoms with Crippen LogP contribution in [-0.2, 0) is 0 Å². The fraction of sp³-hybridized carbons (Fsp3) is 0.136. The highest BCUT2D eigenvalue weighted by atomic mass is 16.5. The van der Waals surface area contributed by atoms with Gasteiger partial charge < -0.3 is 9.47 Å². The SMILES string of the molecule is CCOc1ccc(-c2nnc(-c3cccnc3)n2-c2ccc(OC)cc2)cc1. The fourth-order valence-electron chi connectivity index (χ4n) is 3.00. The van der Waals surface area contributed by atoms with Crippen LogP contribution >= 0.6 is 0 Å². The molecule has 0 aliphatic rings. The number of ether oxygens (including phenoxy) is 2. The fourth-order valence-corrected chi connectivity index (χ4v) is 3.00. The van der Waals surface area contributed by atoms with E-state index in [2.05, 4.69) is 15.2 Å². The van der Waals surface area contributed by atoms with Gasteiger partial charge in [-0.3, -0.25) is 9.55 Å². The van der Waals surface area contributed by atoms with E-state index in [-0.39, 0.29) is 0 Å². The Morgan fingerprint density at radius 3 is 2.11 bits per heavy atom. The average Bonchev–Trinajstić information content (AvgIpc) is 3.20. The number of hydrogen-bond donors (Lipinski definition) is 0. The van der Waals surface area contributed by atoms with E-state index in [1.807, 2.05) is 72.2 Å². The molecule has 140 valence electrons. The van der Waals surface area contributed by atoms with Gasteiger partial charge in [-0.25, -0.2) is 0 Å². The number of methoxy groups -OCH3 is 1. The van der Waals surface area contributed by atoms with Crippen LogP contribution in [0.5, 0.6) is 11.5 Å². The lowest BCUT2D eigenvalue weighted by molar-refractivity contribution is 0.340. The summed E-state index contributed by atoms with van der Waals surface area (Å²) >= 11 is 0. The molecule has 2 aromatic carbocycles. The van der Waals surface area contributed by atoms with Crippen molar-refractivity contribution in [3.63, 3.8) is 0 Å². The minimum Gasteiger partial charge on any atom is -0.497 e. The molecule has 2 aromatic heterocycles. The lowest BCUT2D eigenvalue weighted by Gasteiger charge is -2.12. The average molecular weight is 372 g/mol. The van der Waals surface area contributed by atoms with Crippen molar-refractivity contribution in [1.29, 1.82) is 0 Å². The molecule has 28 heavy (non-hydrogen) atoms. The number of nitrogens with zero attached hydrogens (tertiary/aromatic N) is 4. The molecule has 0 atom stereocenters. The molecule has 4 aromatic rings. The van der Waals surface area contributed by atoms with Crippen LogP contribution in [0.1, 0.15) is 6.92 Å². The third kappa shape index (κ3) is 3.44. The van der Waals surface area contributed by atoms with Crippen molar-refractivity contribution in [3.8, 4) is 40.0 Å². The van der Waals surface area contributed by atoms with Crippen LogP contribution in [0, 0.1) is 0 Å². The summed E-state index contributed by atoms with van der Waals surface area (Å²) in [6.45, 7) is 2.60. The predicted octanol–water partition coefficient (Wildman–Crippen LogP) is 4.40. The first-order chi connectivity index (χ1) is 13.8. The van der Waals surface area contributed by atoms with Gasteiger partial charge in [-0.2, -0.15) is 0 Å². The molecule has 0 unspecified atom stereocenters. The van der Waals surface area contributed by atoms with Crippen LogP contribution in [0.4, 0.5) is 0 Å². The van der Waals surface area contributed by atoms with Gasteiger partial charge in [0.05, 0.1) is 13.7 Å². The molecule has 0 amide bonds. The summed E-state index contributed by atoms with van der Waals surface area (Å²) in [7, 11) is 1.65. The van der Waals surface area contributed by atoms with E-state index >= 15 is 0 Å². The highest BCUT2D eigenvalue weighted by Crippen LogP contribution is 2.29. The first kappa shape index (κ1) is 17.7. The number of rotatable bonds is 6. The van der Waals surface area contributed by atoms with Crippen LogP contribution in [0.25, 0.3) is 28.5 Å². The first-order valence-corrected chi connectivity index (χ1v) is 9.03. The maximum absolute atomic E-state index is 5.55. The maximum Gasteiger partial charge on any atom is 0.170 e. The van der Waals surface area contributed by atoms with Crippen LogP contribution < -0.4 is 9.47 Å². The van der Waals surface area contributed by atoms with Gasteiger partial charge in [0.15, 0.2) is 11.6 Å². The van der Waals surface area contributed by atoms with Gasteiger partial charge in [-0.05, 0) is 67.6 Å². The molecule has 0 aliphatic carbocycles. The Balaban J connectivity index is 1.85. The van der Waals surface area contributed by atoms with Crippen molar-refractivity contribution in [2.24, 2.45) is 0 Å². The Labute approximate surface area is 163 Å². The van der Waals surface area contributed by atoms with E-state index in [4.69, 9.17) is 9.47 Å². The molecular weight excluding hydrogens is 352 g/mol. The molecule has 2 heterocycles. The van der Waals surface area contributed by atoms with Crippen LogP contribution in [0.3, 0.4) is 0 Å². The largest absolute Gasteiger partial charge is 0.497 e. The lowest BCUT2D eigenvalue weighted by Crippen LogP contribution is -2.01. The summed E-state index contributed by atoms with van der Waals surface area (Å²) in [4.78, 5) is 4.22. The highest BCUT2D eigenvalue weighted by Gasteiger charge is 2.17. The number of aromatic nitrogens is 4. The topological polar surface area (TPSA) is 62.1 Å². The molecular formula is C22H20N4O2. The normalized spacial score (nSPS) is 10.6. The molecule has 0 fully saturated rings. The van der Waals surface area contributed by atoms with Gasteiger partial charge in [0.25, 0.3) is 0 Å². The Hall–Kier alpha value is -3.67.